The average Bonchev–Trinajstić information content (AvgIpc) is 2.96. The molecule has 0 saturated heterocycles. The standard InChI is InChI=1S/C18H15BrN4/c1-23(2)17-8-7-12(10-14(17)19)9-13(11-20)18-21-15-5-3-4-6-16(15)22-18/h3-10H,1-2H3,(H,21,22)/b13-9-. The quantitative estimate of drug-likeness (QED) is 0.696. The fourth-order valence-electron chi connectivity index (χ4n) is 2.38. The zero-order chi connectivity index (χ0) is 16.4. The van der Waals surface area contributed by atoms with Gasteiger partial charge in [-0.15, -0.1) is 0 Å². The van der Waals surface area contributed by atoms with Crippen LogP contribution in [-0.2, 0) is 0 Å². The number of H-pyrrole nitrogens is 1. The van der Waals surface area contributed by atoms with E-state index in [9.17, 15) is 5.26 Å². The van der Waals surface area contributed by atoms with Gasteiger partial charge in [-0.3, -0.25) is 0 Å². The third kappa shape index (κ3) is 3.13. The summed E-state index contributed by atoms with van der Waals surface area (Å²) in [5, 5.41) is 9.48. The van der Waals surface area contributed by atoms with Gasteiger partial charge in [0.05, 0.1) is 22.3 Å². The van der Waals surface area contributed by atoms with Crippen molar-refractivity contribution < 1.29 is 0 Å². The second-order valence-corrected chi connectivity index (χ2v) is 6.23. The van der Waals surface area contributed by atoms with Crippen molar-refractivity contribution in [1.82, 2.24) is 9.97 Å². The van der Waals surface area contributed by atoms with Gasteiger partial charge < -0.3 is 9.88 Å². The molecule has 5 heteroatoms. The molecular weight excluding hydrogens is 352 g/mol. The number of rotatable bonds is 3. The van der Waals surface area contributed by atoms with Crippen molar-refractivity contribution in [3.8, 4) is 6.07 Å². The van der Waals surface area contributed by atoms with Crippen LogP contribution in [0.5, 0.6) is 0 Å². The van der Waals surface area contributed by atoms with Crippen LogP contribution in [0.25, 0.3) is 22.7 Å². The molecule has 3 rings (SSSR count). The fourth-order valence-corrected chi connectivity index (χ4v) is 3.13. The van der Waals surface area contributed by atoms with E-state index in [2.05, 4.69) is 32.0 Å². The van der Waals surface area contributed by atoms with E-state index >= 15 is 0 Å². The first-order chi connectivity index (χ1) is 11.1. The molecule has 1 N–H and O–H groups in total. The number of hydrogen-bond acceptors (Lipinski definition) is 3. The summed E-state index contributed by atoms with van der Waals surface area (Å²) >= 11 is 3.57. The largest absolute Gasteiger partial charge is 0.377 e. The van der Waals surface area contributed by atoms with Gasteiger partial charge in [0.15, 0.2) is 0 Å². The lowest BCUT2D eigenvalue weighted by atomic mass is 10.1. The van der Waals surface area contributed by atoms with Crippen LogP contribution in [0.3, 0.4) is 0 Å². The van der Waals surface area contributed by atoms with Gasteiger partial charge in [-0.05, 0) is 51.8 Å². The van der Waals surface area contributed by atoms with Crippen LogP contribution in [-0.4, -0.2) is 24.1 Å². The molecule has 0 saturated carbocycles. The van der Waals surface area contributed by atoms with E-state index in [1.807, 2.05) is 67.5 Å². The summed E-state index contributed by atoms with van der Waals surface area (Å²) in [6.07, 6.45) is 1.84. The van der Waals surface area contributed by atoms with Crippen molar-refractivity contribution in [3.05, 3.63) is 58.3 Å². The van der Waals surface area contributed by atoms with Gasteiger partial charge >= 0.3 is 0 Å². The summed E-state index contributed by atoms with van der Waals surface area (Å²) in [7, 11) is 3.98. The Morgan fingerprint density at radius 1 is 1.26 bits per heavy atom. The number of imidazole rings is 1. The number of anilines is 1. The third-order valence-electron chi connectivity index (χ3n) is 3.53. The number of nitrogens with one attached hydrogen (secondary N) is 1. The summed E-state index contributed by atoms with van der Waals surface area (Å²) in [5.74, 6) is 0.585. The van der Waals surface area contributed by atoms with E-state index in [1.165, 1.54) is 0 Å². The van der Waals surface area contributed by atoms with Crippen LogP contribution in [0.1, 0.15) is 11.4 Å². The molecule has 1 aromatic heterocycles. The minimum absolute atomic E-state index is 0.505. The summed E-state index contributed by atoms with van der Waals surface area (Å²) < 4.78 is 0.984. The molecule has 0 aliphatic rings. The summed E-state index contributed by atoms with van der Waals surface area (Å²) in [5.41, 5.74) is 4.31. The predicted molar refractivity (Wildman–Crippen MR) is 98.0 cm³/mol. The zero-order valence-electron chi connectivity index (χ0n) is 12.8. The molecular formula is C18H15BrN4. The molecule has 2 aromatic carbocycles. The minimum atomic E-state index is 0.505. The van der Waals surface area contributed by atoms with E-state index in [1.54, 1.807) is 0 Å². The van der Waals surface area contributed by atoms with Crippen LogP contribution in [0, 0.1) is 11.3 Å². The van der Waals surface area contributed by atoms with Crippen LogP contribution >= 0.6 is 15.9 Å². The molecule has 1 heterocycles. The van der Waals surface area contributed by atoms with Gasteiger partial charge in [-0.1, -0.05) is 18.2 Å². The molecule has 0 amide bonds. The van der Waals surface area contributed by atoms with E-state index in [0.717, 1.165) is 26.8 Å². The fraction of sp³-hybridized carbons (Fsp3) is 0.111. The Balaban J connectivity index is 2.02. The molecule has 114 valence electrons. The van der Waals surface area contributed by atoms with Gasteiger partial charge in [0.1, 0.15) is 11.9 Å². The number of hydrogen-bond donors (Lipinski definition) is 1. The number of fused-ring (bicyclic) bond motifs is 1. The Labute approximate surface area is 143 Å². The summed E-state index contributed by atoms with van der Waals surface area (Å²) in [6.45, 7) is 0. The lowest BCUT2D eigenvalue weighted by Gasteiger charge is -2.14. The van der Waals surface area contributed by atoms with Crippen LogP contribution in [0.15, 0.2) is 46.9 Å². The Kier molecular flexibility index (Phi) is 4.18. The Morgan fingerprint density at radius 2 is 2.04 bits per heavy atom. The SMILES string of the molecule is CN(C)c1ccc(/C=C(/C#N)c2nc3ccccc3[nH]2)cc1Br. The molecule has 4 nitrogen and oxygen atoms in total. The van der Waals surface area contributed by atoms with E-state index in [-0.39, 0.29) is 0 Å². The van der Waals surface area contributed by atoms with E-state index < -0.39 is 0 Å². The van der Waals surface area contributed by atoms with Gasteiger partial charge in [-0.25, -0.2) is 4.98 Å². The molecule has 0 radical (unpaired) electrons. The minimum Gasteiger partial charge on any atom is -0.377 e. The molecule has 0 unspecified atom stereocenters. The maximum atomic E-state index is 9.48. The number of halogens is 1. The number of allylic oxidation sites excluding steroid dienone is 1. The molecule has 23 heavy (non-hydrogen) atoms. The Morgan fingerprint density at radius 3 is 2.70 bits per heavy atom. The normalized spacial score (nSPS) is 11.5. The van der Waals surface area contributed by atoms with Crippen LogP contribution in [0.4, 0.5) is 5.69 Å². The maximum absolute atomic E-state index is 9.48. The molecule has 3 aromatic rings. The van der Waals surface area contributed by atoms with Crippen molar-refractivity contribution in [2.75, 3.05) is 19.0 Å². The number of benzene rings is 2. The molecule has 0 bridgehead atoms. The van der Waals surface area contributed by atoms with Crippen LogP contribution in [0.2, 0.25) is 0 Å². The maximum Gasteiger partial charge on any atom is 0.149 e. The highest BCUT2D eigenvalue weighted by Crippen LogP contribution is 2.27. The first-order valence-electron chi connectivity index (χ1n) is 7.12. The number of nitriles is 1. The molecule has 0 atom stereocenters. The average molecular weight is 367 g/mol. The van der Waals surface area contributed by atoms with E-state index in [0.29, 0.717) is 11.4 Å². The smallest absolute Gasteiger partial charge is 0.149 e. The molecule has 0 aliphatic heterocycles. The third-order valence-corrected chi connectivity index (χ3v) is 4.16. The number of nitrogens with zero attached hydrogens (tertiary/aromatic N) is 3. The highest BCUT2D eigenvalue weighted by molar-refractivity contribution is 9.10. The first kappa shape index (κ1) is 15.3. The van der Waals surface area contributed by atoms with Gasteiger partial charge in [-0.2, -0.15) is 5.26 Å². The second kappa shape index (κ2) is 6.27. The monoisotopic (exact) mass is 366 g/mol. The van der Waals surface area contributed by atoms with E-state index in [4.69, 9.17) is 0 Å². The lowest BCUT2D eigenvalue weighted by Crippen LogP contribution is -2.09. The highest BCUT2D eigenvalue weighted by Gasteiger charge is 2.08. The van der Waals surface area contributed by atoms with Crippen LogP contribution < -0.4 is 4.90 Å². The number of aromatic amines is 1. The van der Waals surface area contributed by atoms with Gasteiger partial charge in [0, 0.05) is 18.6 Å². The molecule has 0 aliphatic carbocycles. The zero-order valence-corrected chi connectivity index (χ0v) is 14.4. The molecule has 0 spiro atoms. The number of aromatic nitrogens is 2. The molecule has 0 fully saturated rings. The van der Waals surface area contributed by atoms with Crippen molar-refractivity contribution in [2.45, 2.75) is 0 Å². The predicted octanol–water partition coefficient (Wildman–Crippen LogP) is 4.46. The number of para-hydroxylation sites is 2. The van der Waals surface area contributed by atoms with Crippen molar-refractivity contribution in [2.24, 2.45) is 0 Å². The highest BCUT2D eigenvalue weighted by atomic mass is 79.9. The first-order valence-corrected chi connectivity index (χ1v) is 7.91. The van der Waals surface area contributed by atoms with Gasteiger partial charge in [0.2, 0.25) is 0 Å². The lowest BCUT2D eigenvalue weighted by molar-refractivity contribution is 1.12. The van der Waals surface area contributed by atoms with Crippen molar-refractivity contribution in [1.29, 1.82) is 5.26 Å². The summed E-state index contributed by atoms with van der Waals surface area (Å²) in [6, 6.07) is 16.0. The Bertz CT molecular complexity index is 899. The summed E-state index contributed by atoms with van der Waals surface area (Å²) in [4.78, 5) is 9.70. The Hall–Kier alpha value is -2.58. The topological polar surface area (TPSA) is 55.7 Å². The van der Waals surface area contributed by atoms with Crippen molar-refractivity contribution >= 4 is 44.3 Å². The van der Waals surface area contributed by atoms with Gasteiger partial charge in [0.25, 0.3) is 0 Å². The van der Waals surface area contributed by atoms with Crippen molar-refractivity contribution in [3.63, 3.8) is 0 Å². The second-order valence-electron chi connectivity index (χ2n) is 5.38.